The molecule has 1 aromatic rings. The second kappa shape index (κ2) is 18.8. The van der Waals surface area contributed by atoms with E-state index >= 15 is 0 Å². The predicted octanol–water partition coefficient (Wildman–Crippen LogP) is 4.48. The minimum atomic E-state index is -3.55. The maximum Gasteiger partial charge on any atom is 0.338 e. The smallest absolute Gasteiger partial charge is 0.338 e. The quantitative estimate of drug-likeness (QED) is 0.176. The monoisotopic (exact) mass is 852 g/mol. The van der Waals surface area contributed by atoms with E-state index in [2.05, 4.69) is 21.3 Å². The van der Waals surface area contributed by atoms with Gasteiger partial charge in [0.15, 0.2) is 0 Å². The number of sulfonamides is 1. The van der Waals surface area contributed by atoms with Crippen LogP contribution in [-0.2, 0) is 35.6 Å². The second-order valence-electron chi connectivity index (χ2n) is 19.3. The molecule has 59 heavy (non-hydrogen) atoms. The molecule has 1 aliphatic heterocycles. The minimum Gasteiger partial charge on any atom is -0.456 e. The summed E-state index contributed by atoms with van der Waals surface area (Å²) >= 11 is 0. The van der Waals surface area contributed by atoms with Crippen LogP contribution in [0.4, 0.5) is 13.6 Å². The van der Waals surface area contributed by atoms with Crippen molar-refractivity contribution in [1.29, 1.82) is 0 Å². The van der Waals surface area contributed by atoms with Gasteiger partial charge in [-0.05, 0) is 86.3 Å². The number of benzene rings is 1. The van der Waals surface area contributed by atoms with Crippen molar-refractivity contribution in [3.8, 4) is 0 Å². The van der Waals surface area contributed by atoms with Gasteiger partial charge in [0.05, 0.1) is 11.8 Å². The van der Waals surface area contributed by atoms with Crippen LogP contribution in [0, 0.1) is 28.6 Å². The van der Waals surface area contributed by atoms with Gasteiger partial charge < -0.3 is 30.9 Å². The summed E-state index contributed by atoms with van der Waals surface area (Å²) in [6, 6.07) is 1.74. The van der Waals surface area contributed by atoms with E-state index in [1.54, 1.807) is 45.0 Å². The van der Waals surface area contributed by atoms with Crippen LogP contribution in [0.3, 0.4) is 0 Å². The zero-order chi connectivity index (χ0) is 44.2. The van der Waals surface area contributed by atoms with Gasteiger partial charge in [-0.25, -0.2) is 31.1 Å². The van der Waals surface area contributed by atoms with E-state index in [1.807, 2.05) is 34.6 Å². The van der Waals surface area contributed by atoms with Crippen LogP contribution in [0.25, 0.3) is 0 Å². The number of likely N-dealkylation sites (N-methyl/N-ethyl adjacent to an activating group) is 1. The lowest BCUT2D eigenvalue weighted by Gasteiger charge is -2.38. The molecule has 4 N–H and O–H groups in total. The number of likely N-dealkylation sites (tertiary alicyclic amines) is 1. The lowest BCUT2D eigenvalue weighted by atomic mass is 9.83. The summed E-state index contributed by atoms with van der Waals surface area (Å²) in [5.74, 6) is -3.00. The van der Waals surface area contributed by atoms with Crippen LogP contribution in [0.1, 0.15) is 110 Å². The zero-order valence-corrected chi connectivity index (χ0v) is 37.1. The molecule has 6 atom stereocenters. The summed E-state index contributed by atoms with van der Waals surface area (Å²) in [5, 5.41) is 11.0. The van der Waals surface area contributed by atoms with Crippen molar-refractivity contribution >= 4 is 39.7 Å². The van der Waals surface area contributed by atoms with E-state index in [9.17, 15) is 41.2 Å². The molecule has 3 aliphatic rings. The average Bonchev–Trinajstić information content (AvgIpc) is 3.42. The van der Waals surface area contributed by atoms with Crippen molar-refractivity contribution in [3.63, 3.8) is 0 Å². The predicted molar refractivity (Wildman–Crippen MR) is 220 cm³/mol. The molecule has 2 saturated carbocycles. The fourth-order valence-corrected chi connectivity index (χ4v) is 8.79. The normalized spacial score (nSPS) is 22.2. The first-order chi connectivity index (χ1) is 27.2. The highest BCUT2D eigenvalue weighted by Crippen LogP contribution is 2.65. The SMILES string of the molecule is CN(C[C@@H](NC(=O)N[C@H](C(=O)N1CC2C([C@H]1C(=O)N[C@@H](CC(F)F)C(=O)NCCc1ccc(C(=O)OC(C)(C)C)cc1)C2(C)C)C1CCCCC1)C(C)(C)C)S(C)(=O)=O. The number of amides is 5. The van der Waals surface area contributed by atoms with Crippen LogP contribution in [0.5, 0.6) is 0 Å². The molecule has 0 bridgehead atoms. The third kappa shape index (κ3) is 12.8. The first-order valence-electron chi connectivity index (χ1n) is 20.7. The Morgan fingerprint density at radius 1 is 0.949 bits per heavy atom. The summed E-state index contributed by atoms with van der Waals surface area (Å²) in [5.41, 5.74) is -0.394. The number of fused-ring (bicyclic) bond motifs is 1. The highest BCUT2D eigenvalue weighted by atomic mass is 32.2. The molecule has 1 saturated heterocycles. The average molecular weight is 853 g/mol. The van der Waals surface area contributed by atoms with E-state index in [0.717, 1.165) is 35.4 Å². The number of hydrogen-bond acceptors (Lipinski definition) is 8. The van der Waals surface area contributed by atoms with Gasteiger partial charge in [0.2, 0.25) is 34.2 Å². The first-order valence-corrected chi connectivity index (χ1v) is 22.5. The Morgan fingerprint density at radius 2 is 1.56 bits per heavy atom. The van der Waals surface area contributed by atoms with Gasteiger partial charge in [-0.1, -0.05) is 66.0 Å². The first kappa shape index (κ1) is 47.8. The number of carbonyl (C=O) groups excluding carboxylic acids is 5. The number of esters is 1. The lowest BCUT2D eigenvalue weighted by Crippen LogP contribution is -2.62. The van der Waals surface area contributed by atoms with E-state index in [4.69, 9.17) is 4.74 Å². The van der Waals surface area contributed by atoms with Gasteiger partial charge in [0.25, 0.3) is 0 Å². The number of alkyl halides is 2. The standard InChI is InChI=1S/C42H66F2N6O8S/c1-40(2,3)30(24-49(9)59(10,56)57)47-39(55)48-33(26-14-12-11-13-15-26)37(53)50-23-28-32(42(28,7)8)34(50)36(52)46-29(22-31(43)44)35(51)45-21-20-25-16-18-27(19-17-25)38(54)58-41(4,5)6/h16-19,26,28-34H,11-15,20-24H2,1-10H3,(H,45,51)(H,46,52)(H2,47,48,55)/t28?,29-,30+,32?,33-,34-/m0/s1. The molecule has 17 heteroatoms. The van der Waals surface area contributed by atoms with Crippen LogP contribution in [0.2, 0.25) is 0 Å². The van der Waals surface area contributed by atoms with Crippen molar-refractivity contribution in [2.45, 2.75) is 137 Å². The van der Waals surface area contributed by atoms with Gasteiger partial charge in [-0.2, -0.15) is 0 Å². The number of piperidine rings is 1. The Kier molecular flexibility index (Phi) is 15.2. The summed E-state index contributed by atoms with van der Waals surface area (Å²) in [6.07, 6.45) is 1.59. The number of carbonyl (C=O) groups is 5. The highest BCUT2D eigenvalue weighted by Gasteiger charge is 2.69. The van der Waals surface area contributed by atoms with Gasteiger partial charge in [0.1, 0.15) is 23.7 Å². The summed E-state index contributed by atoms with van der Waals surface area (Å²) in [4.78, 5) is 69.7. The Balaban J connectivity index is 1.48. The molecular formula is C42H66F2N6O8S. The fourth-order valence-electron chi connectivity index (χ4n) is 8.37. The molecule has 3 fully saturated rings. The van der Waals surface area contributed by atoms with Crippen molar-refractivity contribution in [2.24, 2.45) is 28.6 Å². The third-order valence-corrected chi connectivity index (χ3v) is 13.4. The number of rotatable bonds is 16. The van der Waals surface area contributed by atoms with Crippen molar-refractivity contribution < 1.29 is 45.9 Å². The third-order valence-electron chi connectivity index (χ3n) is 12.1. The van der Waals surface area contributed by atoms with Crippen LogP contribution < -0.4 is 21.3 Å². The summed E-state index contributed by atoms with van der Waals surface area (Å²) in [7, 11) is -2.12. The number of nitrogens with zero attached hydrogens (tertiary/aromatic N) is 2. The Hall–Kier alpha value is -3.86. The molecule has 1 heterocycles. The number of hydrogen-bond donors (Lipinski definition) is 4. The fraction of sp³-hybridized carbons (Fsp3) is 0.738. The summed E-state index contributed by atoms with van der Waals surface area (Å²) in [6.45, 7) is 15.2. The van der Waals surface area contributed by atoms with E-state index in [0.29, 0.717) is 24.8 Å². The van der Waals surface area contributed by atoms with E-state index < -0.39 is 87.8 Å². The molecular weight excluding hydrogens is 787 g/mol. The number of halogens is 2. The molecule has 0 radical (unpaired) electrons. The molecule has 1 aromatic carbocycles. The maximum absolute atomic E-state index is 14.6. The van der Waals surface area contributed by atoms with Crippen LogP contribution in [0.15, 0.2) is 24.3 Å². The van der Waals surface area contributed by atoms with Gasteiger partial charge >= 0.3 is 12.0 Å². The molecule has 2 unspecified atom stereocenters. The highest BCUT2D eigenvalue weighted by molar-refractivity contribution is 7.88. The largest absolute Gasteiger partial charge is 0.456 e. The molecule has 2 aliphatic carbocycles. The minimum absolute atomic E-state index is 0.000908. The van der Waals surface area contributed by atoms with Crippen molar-refractivity contribution in [1.82, 2.24) is 30.5 Å². The van der Waals surface area contributed by atoms with Gasteiger partial charge in [0, 0.05) is 39.1 Å². The number of urea groups is 1. The molecule has 4 rings (SSSR count). The zero-order valence-electron chi connectivity index (χ0n) is 36.3. The maximum atomic E-state index is 14.6. The van der Waals surface area contributed by atoms with Crippen molar-refractivity contribution in [2.75, 3.05) is 32.9 Å². The molecule has 14 nitrogen and oxygen atoms in total. The molecule has 0 aromatic heterocycles. The number of nitrogens with one attached hydrogen (secondary N) is 4. The van der Waals surface area contributed by atoms with Gasteiger partial charge in [-0.15, -0.1) is 0 Å². The van der Waals surface area contributed by atoms with E-state index in [1.165, 1.54) is 11.9 Å². The Morgan fingerprint density at radius 3 is 2.10 bits per heavy atom. The van der Waals surface area contributed by atoms with Crippen LogP contribution in [-0.4, -0.2) is 116 Å². The molecule has 0 spiro atoms. The summed E-state index contributed by atoms with van der Waals surface area (Å²) < 4.78 is 58.8. The van der Waals surface area contributed by atoms with Gasteiger partial charge in [-0.3, -0.25) is 14.4 Å². The Labute approximate surface area is 348 Å². The van der Waals surface area contributed by atoms with Crippen molar-refractivity contribution in [3.05, 3.63) is 35.4 Å². The van der Waals surface area contributed by atoms with Crippen LogP contribution >= 0.6 is 0 Å². The second-order valence-corrected chi connectivity index (χ2v) is 21.4. The molecule has 332 valence electrons. The topological polar surface area (TPSA) is 183 Å². The Bertz CT molecular complexity index is 1790. The molecule has 5 amide bonds. The lowest BCUT2D eigenvalue weighted by molar-refractivity contribution is -0.144. The van der Waals surface area contributed by atoms with E-state index in [-0.39, 0.29) is 42.8 Å². The number of ether oxygens (including phenoxy) is 1.